The number of pyridine rings is 1. The van der Waals surface area contributed by atoms with E-state index >= 15 is 0 Å². The SMILES string of the molecule is Cc1ncccc1-n1nc(C(F)F)cc1-c1cc(F)c(S(C)(=O)=O)c(F)c1. The third-order valence-corrected chi connectivity index (χ3v) is 4.96. The minimum absolute atomic E-state index is 0.0285. The summed E-state index contributed by atoms with van der Waals surface area (Å²) >= 11 is 0. The summed E-state index contributed by atoms with van der Waals surface area (Å²) in [4.78, 5) is 2.97. The van der Waals surface area contributed by atoms with E-state index in [9.17, 15) is 26.0 Å². The molecule has 2 aromatic heterocycles. The first kappa shape index (κ1) is 19.0. The molecule has 0 spiro atoms. The summed E-state index contributed by atoms with van der Waals surface area (Å²) < 4.78 is 79.0. The Morgan fingerprint density at radius 2 is 1.74 bits per heavy atom. The second-order valence-corrected chi connectivity index (χ2v) is 7.77. The van der Waals surface area contributed by atoms with Crippen LogP contribution in [0.2, 0.25) is 0 Å². The summed E-state index contributed by atoms with van der Waals surface area (Å²) in [5.41, 5.74) is 0.0318. The molecule has 0 bridgehead atoms. The molecular weight excluding hydrogens is 386 g/mol. The predicted molar refractivity (Wildman–Crippen MR) is 89.5 cm³/mol. The summed E-state index contributed by atoms with van der Waals surface area (Å²) in [7, 11) is -4.14. The Morgan fingerprint density at radius 1 is 1.11 bits per heavy atom. The van der Waals surface area contributed by atoms with Gasteiger partial charge in [-0.15, -0.1) is 0 Å². The molecule has 0 radical (unpaired) electrons. The Balaban J connectivity index is 2.28. The molecule has 3 aromatic rings. The molecule has 0 saturated heterocycles. The summed E-state index contributed by atoms with van der Waals surface area (Å²) in [5, 5.41) is 3.81. The maximum Gasteiger partial charge on any atom is 0.282 e. The van der Waals surface area contributed by atoms with Crippen LogP contribution in [0, 0.1) is 18.6 Å². The fourth-order valence-corrected chi connectivity index (χ4v) is 3.48. The van der Waals surface area contributed by atoms with Crippen molar-refractivity contribution in [1.29, 1.82) is 0 Å². The van der Waals surface area contributed by atoms with Crippen molar-refractivity contribution in [2.45, 2.75) is 18.2 Å². The quantitative estimate of drug-likeness (QED) is 0.625. The first-order chi connectivity index (χ1) is 12.6. The molecule has 0 aliphatic carbocycles. The summed E-state index contributed by atoms with van der Waals surface area (Å²) in [5.74, 6) is -2.64. The van der Waals surface area contributed by atoms with E-state index < -0.39 is 38.5 Å². The van der Waals surface area contributed by atoms with Gasteiger partial charge in [-0.05, 0) is 37.3 Å². The van der Waals surface area contributed by atoms with E-state index in [0.717, 1.165) is 22.9 Å². The maximum absolute atomic E-state index is 14.3. The molecule has 5 nitrogen and oxygen atoms in total. The number of aryl methyl sites for hydroxylation is 1. The van der Waals surface area contributed by atoms with Gasteiger partial charge >= 0.3 is 0 Å². The number of benzene rings is 1. The van der Waals surface area contributed by atoms with Crippen LogP contribution in [-0.2, 0) is 9.84 Å². The van der Waals surface area contributed by atoms with Gasteiger partial charge in [0.25, 0.3) is 6.43 Å². The Morgan fingerprint density at radius 3 is 2.26 bits per heavy atom. The van der Waals surface area contributed by atoms with E-state index in [4.69, 9.17) is 0 Å². The van der Waals surface area contributed by atoms with Gasteiger partial charge in [-0.2, -0.15) is 5.10 Å². The first-order valence-corrected chi connectivity index (χ1v) is 9.48. The summed E-state index contributed by atoms with van der Waals surface area (Å²) in [6, 6.07) is 5.66. The molecule has 1 aromatic carbocycles. The van der Waals surface area contributed by atoms with Crippen molar-refractivity contribution in [1.82, 2.24) is 14.8 Å². The maximum atomic E-state index is 14.3. The van der Waals surface area contributed by atoms with Crippen LogP contribution in [-0.4, -0.2) is 29.4 Å². The third-order valence-electron chi connectivity index (χ3n) is 3.82. The average Bonchev–Trinajstić information content (AvgIpc) is 2.98. The van der Waals surface area contributed by atoms with Crippen molar-refractivity contribution < 1.29 is 26.0 Å². The van der Waals surface area contributed by atoms with Gasteiger partial charge < -0.3 is 0 Å². The summed E-state index contributed by atoms with van der Waals surface area (Å²) in [6.45, 7) is 1.62. The standard InChI is InChI=1S/C17H13F4N3O2S/c1-9-14(4-3-5-22-9)24-15(8-13(23-24)17(20)21)10-6-11(18)16(12(19)7-10)27(2,25)26/h3-8,17H,1-2H3. The zero-order valence-corrected chi connectivity index (χ0v) is 14.9. The lowest BCUT2D eigenvalue weighted by atomic mass is 10.1. The zero-order chi connectivity index (χ0) is 19.9. The molecule has 10 heteroatoms. The van der Waals surface area contributed by atoms with Crippen molar-refractivity contribution in [2.24, 2.45) is 0 Å². The first-order valence-electron chi connectivity index (χ1n) is 7.59. The van der Waals surface area contributed by atoms with Crippen LogP contribution in [0.15, 0.2) is 41.4 Å². The average molecular weight is 399 g/mol. The Bertz CT molecular complexity index is 1100. The second-order valence-electron chi connectivity index (χ2n) is 5.82. The number of alkyl halides is 2. The van der Waals surface area contributed by atoms with E-state index in [1.165, 1.54) is 6.20 Å². The van der Waals surface area contributed by atoms with E-state index in [1.807, 2.05) is 0 Å². The highest BCUT2D eigenvalue weighted by atomic mass is 32.2. The lowest BCUT2D eigenvalue weighted by Crippen LogP contribution is -2.07. The van der Waals surface area contributed by atoms with E-state index in [0.29, 0.717) is 17.6 Å². The highest BCUT2D eigenvalue weighted by Gasteiger charge is 2.24. The number of rotatable bonds is 4. The molecule has 0 atom stereocenters. The van der Waals surface area contributed by atoms with Gasteiger partial charge in [-0.1, -0.05) is 0 Å². The van der Waals surface area contributed by atoms with Crippen LogP contribution in [0.1, 0.15) is 17.8 Å². The molecule has 0 fully saturated rings. The molecule has 27 heavy (non-hydrogen) atoms. The Labute approximate surface area is 152 Å². The van der Waals surface area contributed by atoms with Crippen molar-refractivity contribution in [3.8, 4) is 16.9 Å². The predicted octanol–water partition coefficient (Wildman–Crippen LogP) is 3.86. The van der Waals surface area contributed by atoms with Crippen LogP contribution >= 0.6 is 0 Å². The van der Waals surface area contributed by atoms with Crippen molar-refractivity contribution in [2.75, 3.05) is 6.26 Å². The van der Waals surface area contributed by atoms with Gasteiger partial charge in [-0.3, -0.25) is 4.98 Å². The van der Waals surface area contributed by atoms with Crippen molar-refractivity contribution in [3.05, 3.63) is 59.6 Å². The van der Waals surface area contributed by atoms with Crippen LogP contribution in [0.4, 0.5) is 17.6 Å². The van der Waals surface area contributed by atoms with Gasteiger partial charge in [0.05, 0.1) is 17.1 Å². The molecule has 0 amide bonds. The lowest BCUT2D eigenvalue weighted by molar-refractivity contribution is 0.145. The topological polar surface area (TPSA) is 64.8 Å². The fraction of sp³-hybridized carbons (Fsp3) is 0.176. The highest BCUT2D eigenvalue weighted by Crippen LogP contribution is 2.32. The van der Waals surface area contributed by atoms with E-state index in [1.54, 1.807) is 19.1 Å². The van der Waals surface area contributed by atoms with Crippen LogP contribution in [0.3, 0.4) is 0 Å². The van der Waals surface area contributed by atoms with Gasteiger partial charge in [0.2, 0.25) is 0 Å². The van der Waals surface area contributed by atoms with Crippen molar-refractivity contribution >= 4 is 9.84 Å². The number of sulfone groups is 1. The number of hydrogen-bond donors (Lipinski definition) is 0. The number of aromatic nitrogens is 3. The minimum Gasteiger partial charge on any atom is -0.259 e. The van der Waals surface area contributed by atoms with E-state index in [-0.39, 0.29) is 11.3 Å². The second kappa shape index (κ2) is 6.76. The van der Waals surface area contributed by atoms with Crippen LogP contribution < -0.4 is 0 Å². The molecule has 0 N–H and O–H groups in total. The monoisotopic (exact) mass is 399 g/mol. The van der Waals surface area contributed by atoms with Crippen LogP contribution in [0.25, 0.3) is 16.9 Å². The largest absolute Gasteiger partial charge is 0.282 e. The third kappa shape index (κ3) is 3.57. The number of halogens is 4. The smallest absolute Gasteiger partial charge is 0.259 e. The fourth-order valence-electron chi connectivity index (χ4n) is 2.66. The number of nitrogens with zero attached hydrogens (tertiary/aromatic N) is 3. The molecule has 0 unspecified atom stereocenters. The highest BCUT2D eigenvalue weighted by molar-refractivity contribution is 7.90. The minimum atomic E-state index is -4.14. The van der Waals surface area contributed by atoms with Gasteiger partial charge in [0, 0.05) is 18.0 Å². The molecule has 0 saturated carbocycles. The molecule has 142 valence electrons. The molecule has 0 aliphatic rings. The van der Waals surface area contributed by atoms with Gasteiger partial charge in [0.1, 0.15) is 22.2 Å². The van der Waals surface area contributed by atoms with E-state index in [2.05, 4.69) is 10.1 Å². The van der Waals surface area contributed by atoms with Crippen molar-refractivity contribution in [3.63, 3.8) is 0 Å². The van der Waals surface area contributed by atoms with Crippen LogP contribution in [0.5, 0.6) is 0 Å². The zero-order valence-electron chi connectivity index (χ0n) is 14.1. The normalized spacial score (nSPS) is 12.0. The van der Waals surface area contributed by atoms with Gasteiger partial charge in [0.15, 0.2) is 9.84 Å². The molecule has 3 rings (SSSR count). The molecule has 2 heterocycles. The number of hydrogen-bond acceptors (Lipinski definition) is 4. The summed E-state index contributed by atoms with van der Waals surface area (Å²) in [6.07, 6.45) is -0.741. The Kier molecular flexibility index (Phi) is 4.77. The molecule has 0 aliphatic heterocycles. The lowest BCUT2D eigenvalue weighted by Gasteiger charge is -2.11. The molecular formula is C17H13F4N3O2S. The Hall–Kier alpha value is -2.75. The van der Waals surface area contributed by atoms with Gasteiger partial charge in [-0.25, -0.2) is 30.7 Å².